The molecule has 1 unspecified atom stereocenters. The number of carboxylic acid groups (broad SMARTS) is 1. The van der Waals surface area contributed by atoms with Crippen LogP contribution in [0.25, 0.3) is 6.08 Å². The summed E-state index contributed by atoms with van der Waals surface area (Å²) < 4.78 is 0. The highest BCUT2D eigenvalue weighted by Gasteiger charge is 2.00. The van der Waals surface area contributed by atoms with Crippen molar-refractivity contribution in [2.45, 2.75) is 26.7 Å². The Morgan fingerprint density at radius 2 is 2.00 bits per heavy atom. The van der Waals surface area contributed by atoms with E-state index in [2.05, 4.69) is 26.0 Å². The summed E-state index contributed by atoms with van der Waals surface area (Å²) in [7, 11) is 0. The van der Waals surface area contributed by atoms with E-state index < -0.39 is 5.97 Å². The third-order valence-electron chi connectivity index (χ3n) is 2.68. The molecule has 2 heteroatoms. The molecule has 0 bridgehead atoms. The van der Waals surface area contributed by atoms with E-state index in [9.17, 15) is 4.79 Å². The van der Waals surface area contributed by atoms with E-state index in [0.717, 1.165) is 18.1 Å². The van der Waals surface area contributed by atoms with Crippen molar-refractivity contribution in [3.05, 3.63) is 41.5 Å². The molecule has 0 heterocycles. The van der Waals surface area contributed by atoms with Crippen molar-refractivity contribution in [1.82, 2.24) is 0 Å². The lowest BCUT2D eigenvalue weighted by Gasteiger charge is -2.08. The van der Waals surface area contributed by atoms with E-state index in [1.165, 1.54) is 12.0 Å². The lowest BCUT2D eigenvalue weighted by Crippen LogP contribution is -1.97. The topological polar surface area (TPSA) is 37.3 Å². The maximum Gasteiger partial charge on any atom is 0.328 e. The van der Waals surface area contributed by atoms with Crippen LogP contribution in [-0.4, -0.2) is 11.1 Å². The van der Waals surface area contributed by atoms with E-state index in [-0.39, 0.29) is 0 Å². The van der Waals surface area contributed by atoms with Crippen LogP contribution in [-0.2, 0) is 11.2 Å². The van der Waals surface area contributed by atoms with Crippen LogP contribution in [0.5, 0.6) is 0 Å². The zero-order valence-corrected chi connectivity index (χ0v) is 9.81. The summed E-state index contributed by atoms with van der Waals surface area (Å²) in [6.07, 6.45) is 5.03. The summed E-state index contributed by atoms with van der Waals surface area (Å²) in [6.45, 7) is 4.42. The van der Waals surface area contributed by atoms with Crippen molar-refractivity contribution in [3.63, 3.8) is 0 Å². The van der Waals surface area contributed by atoms with E-state index in [4.69, 9.17) is 5.11 Å². The predicted molar refractivity (Wildman–Crippen MR) is 66.3 cm³/mol. The fourth-order valence-electron chi connectivity index (χ4n) is 1.48. The molecule has 0 aliphatic heterocycles. The molecular weight excluding hydrogens is 200 g/mol. The molecule has 2 nitrogen and oxygen atoms in total. The number of carboxylic acids is 1. The van der Waals surface area contributed by atoms with Gasteiger partial charge in [-0.25, -0.2) is 4.79 Å². The Bertz CT molecular complexity index is 363. The van der Waals surface area contributed by atoms with Gasteiger partial charge in [-0.2, -0.15) is 0 Å². The number of carbonyl (C=O) groups is 1. The Hall–Kier alpha value is -1.57. The van der Waals surface area contributed by atoms with Gasteiger partial charge in [-0.05, 0) is 29.5 Å². The second-order valence-corrected chi connectivity index (χ2v) is 4.13. The van der Waals surface area contributed by atoms with Gasteiger partial charge >= 0.3 is 5.97 Å². The van der Waals surface area contributed by atoms with Gasteiger partial charge in [0, 0.05) is 6.08 Å². The van der Waals surface area contributed by atoms with Gasteiger partial charge in [-0.15, -0.1) is 0 Å². The minimum atomic E-state index is -0.913. The number of hydrogen-bond donors (Lipinski definition) is 1. The van der Waals surface area contributed by atoms with E-state index >= 15 is 0 Å². The molecule has 0 saturated heterocycles. The molecule has 0 aliphatic rings. The summed E-state index contributed by atoms with van der Waals surface area (Å²) >= 11 is 0. The number of hydrogen-bond acceptors (Lipinski definition) is 1. The normalized spacial score (nSPS) is 12.9. The van der Waals surface area contributed by atoms with Crippen molar-refractivity contribution >= 4 is 12.0 Å². The Balaban J connectivity index is 2.64. The third kappa shape index (κ3) is 4.30. The highest BCUT2D eigenvalue weighted by atomic mass is 16.4. The van der Waals surface area contributed by atoms with Crippen molar-refractivity contribution in [3.8, 4) is 0 Å². The molecule has 0 spiro atoms. The van der Waals surface area contributed by atoms with Gasteiger partial charge in [0.2, 0.25) is 0 Å². The molecule has 1 aromatic carbocycles. The third-order valence-corrected chi connectivity index (χ3v) is 2.68. The van der Waals surface area contributed by atoms with Gasteiger partial charge < -0.3 is 5.11 Å². The fourth-order valence-corrected chi connectivity index (χ4v) is 1.48. The van der Waals surface area contributed by atoms with E-state index in [1.54, 1.807) is 6.08 Å². The van der Waals surface area contributed by atoms with Crippen LogP contribution < -0.4 is 0 Å². The zero-order chi connectivity index (χ0) is 12.0. The molecule has 86 valence electrons. The number of aliphatic carboxylic acids is 1. The standard InChI is InChI=1S/C14H18O2/c1-3-11(2)10-13-6-4-12(5-7-13)8-9-14(15)16/h4-9,11H,3,10H2,1-2H3,(H,15,16). The van der Waals surface area contributed by atoms with Gasteiger partial charge in [0.1, 0.15) is 0 Å². The Morgan fingerprint density at radius 1 is 1.38 bits per heavy atom. The molecule has 16 heavy (non-hydrogen) atoms. The van der Waals surface area contributed by atoms with E-state index in [1.807, 2.05) is 12.1 Å². The monoisotopic (exact) mass is 218 g/mol. The van der Waals surface area contributed by atoms with Crippen LogP contribution in [0, 0.1) is 5.92 Å². The fraction of sp³-hybridized carbons (Fsp3) is 0.357. The SMILES string of the molecule is CCC(C)Cc1ccc(C=CC(=O)O)cc1. The first-order valence-corrected chi connectivity index (χ1v) is 5.61. The molecule has 0 fully saturated rings. The van der Waals surface area contributed by atoms with Gasteiger partial charge in [0.15, 0.2) is 0 Å². The second-order valence-electron chi connectivity index (χ2n) is 4.13. The molecule has 0 aliphatic carbocycles. The van der Waals surface area contributed by atoms with Crippen LogP contribution in [0.4, 0.5) is 0 Å². The molecule has 0 aromatic heterocycles. The van der Waals surface area contributed by atoms with Gasteiger partial charge in [0.25, 0.3) is 0 Å². The largest absolute Gasteiger partial charge is 0.478 e. The summed E-state index contributed by atoms with van der Waals surface area (Å²) in [5.74, 6) is -0.218. The zero-order valence-electron chi connectivity index (χ0n) is 9.81. The van der Waals surface area contributed by atoms with Crippen LogP contribution in [0.3, 0.4) is 0 Å². The van der Waals surface area contributed by atoms with Crippen molar-refractivity contribution in [2.24, 2.45) is 5.92 Å². The molecule has 0 saturated carbocycles. The van der Waals surface area contributed by atoms with Crippen LogP contribution >= 0.6 is 0 Å². The van der Waals surface area contributed by atoms with Crippen molar-refractivity contribution in [2.75, 3.05) is 0 Å². The molecule has 1 N–H and O–H groups in total. The minimum absolute atomic E-state index is 0.695. The number of rotatable bonds is 5. The number of benzene rings is 1. The van der Waals surface area contributed by atoms with Gasteiger partial charge in [-0.3, -0.25) is 0 Å². The maximum absolute atomic E-state index is 10.3. The highest BCUT2D eigenvalue weighted by molar-refractivity contribution is 5.85. The first-order valence-electron chi connectivity index (χ1n) is 5.61. The summed E-state index contributed by atoms with van der Waals surface area (Å²) in [5, 5.41) is 8.49. The first-order chi connectivity index (χ1) is 7.61. The van der Waals surface area contributed by atoms with Gasteiger partial charge in [0.05, 0.1) is 0 Å². The molecule has 1 atom stereocenters. The summed E-state index contributed by atoms with van der Waals surface area (Å²) in [5.41, 5.74) is 2.23. The molecule has 1 rings (SSSR count). The Morgan fingerprint density at radius 3 is 2.50 bits per heavy atom. The highest BCUT2D eigenvalue weighted by Crippen LogP contribution is 2.13. The predicted octanol–water partition coefficient (Wildman–Crippen LogP) is 3.37. The molecule has 0 radical (unpaired) electrons. The van der Waals surface area contributed by atoms with Crippen LogP contribution in [0.15, 0.2) is 30.3 Å². The van der Waals surface area contributed by atoms with Gasteiger partial charge in [-0.1, -0.05) is 44.5 Å². The van der Waals surface area contributed by atoms with E-state index in [0.29, 0.717) is 5.92 Å². The Kier molecular flexibility index (Phi) is 4.77. The Labute approximate surface area is 96.6 Å². The second kappa shape index (κ2) is 6.11. The molecule has 0 amide bonds. The van der Waals surface area contributed by atoms with Crippen molar-refractivity contribution in [1.29, 1.82) is 0 Å². The van der Waals surface area contributed by atoms with Crippen LogP contribution in [0.1, 0.15) is 31.4 Å². The first kappa shape index (κ1) is 12.5. The summed E-state index contributed by atoms with van der Waals surface area (Å²) in [4.78, 5) is 10.3. The minimum Gasteiger partial charge on any atom is -0.478 e. The lowest BCUT2D eigenvalue weighted by molar-refractivity contribution is -0.131. The quantitative estimate of drug-likeness (QED) is 0.769. The molecule has 1 aromatic rings. The average Bonchev–Trinajstić information content (AvgIpc) is 2.28. The molecular formula is C14H18O2. The smallest absolute Gasteiger partial charge is 0.328 e. The average molecular weight is 218 g/mol. The summed E-state index contributed by atoms with van der Waals surface area (Å²) in [6, 6.07) is 8.04. The lowest BCUT2D eigenvalue weighted by atomic mass is 9.98. The maximum atomic E-state index is 10.3. The van der Waals surface area contributed by atoms with Crippen LogP contribution in [0.2, 0.25) is 0 Å². The van der Waals surface area contributed by atoms with Crippen molar-refractivity contribution < 1.29 is 9.90 Å².